The lowest BCUT2D eigenvalue weighted by Gasteiger charge is -2.07. The van der Waals surface area contributed by atoms with Gasteiger partial charge in [-0.25, -0.2) is 9.13 Å². The molecule has 0 saturated carbocycles. The Morgan fingerprint density at radius 1 is 1.15 bits per heavy atom. The zero-order valence-electron chi connectivity index (χ0n) is 9.63. The average molecular weight is 181 g/mol. The zero-order chi connectivity index (χ0) is 10.2. The number of imidazole rings is 1. The van der Waals surface area contributed by atoms with Gasteiger partial charge in [0.2, 0.25) is 6.33 Å². The second kappa shape index (κ2) is 3.52. The van der Waals surface area contributed by atoms with Gasteiger partial charge < -0.3 is 0 Å². The Bertz CT molecular complexity index is 267. The van der Waals surface area contributed by atoms with Crippen LogP contribution in [0.25, 0.3) is 0 Å². The quantitative estimate of drug-likeness (QED) is 0.618. The van der Waals surface area contributed by atoms with Crippen LogP contribution in [-0.4, -0.2) is 4.57 Å². The molecule has 0 aliphatic heterocycles. The largest absolute Gasteiger partial charge is 0.243 e. The van der Waals surface area contributed by atoms with Crippen molar-refractivity contribution in [1.82, 2.24) is 4.57 Å². The molecular formula is C11H21N2+. The average Bonchev–Trinajstić information content (AvgIpc) is 2.24. The SMILES string of the molecule is CC(C)c1c(C(C)C)[n+](C)cn1C. The van der Waals surface area contributed by atoms with E-state index in [1.807, 2.05) is 0 Å². The molecule has 0 aliphatic rings. The van der Waals surface area contributed by atoms with Crippen LogP contribution in [0.3, 0.4) is 0 Å². The van der Waals surface area contributed by atoms with Gasteiger partial charge in [-0.2, -0.15) is 0 Å². The Morgan fingerprint density at radius 2 is 1.69 bits per heavy atom. The Kier molecular flexibility index (Phi) is 2.79. The van der Waals surface area contributed by atoms with Gasteiger partial charge in [-0.1, -0.05) is 27.7 Å². The van der Waals surface area contributed by atoms with Crippen LogP contribution in [0.1, 0.15) is 50.9 Å². The molecule has 0 amide bonds. The summed E-state index contributed by atoms with van der Waals surface area (Å²) in [6.07, 6.45) is 2.16. The molecule has 1 aromatic heterocycles. The van der Waals surface area contributed by atoms with E-state index in [4.69, 9.17) is 0 Å². The van der Waals surface area contributed by atoms with Crippen LogP contribution in [-0.2, 0) is 14.1 Å². The number of rotatable bonds is 2. The third-order valence-corrected chi connectivity index (χ3v) is 2.46. The van der Waals surface area contributed by atoms with E-state index in [9.17, 15) is 0 Å². The molecule has 13 heavy (non-hydrogen) atoms. The second-order valence-corrected chi connectivity index (χ2v) is 4.42. The minimum atomic E-state index is 0.601. The highest BCUT2D eigenvalue weighted by Crippen LogP contribution is 2.22. The van der Waals surface area contributed by atoms with Crippen molar-refractivity contribution in [3.63, 3.8) is 0 Å². The monoisotopic (exact) mass is 181 g/mol. The number of hydrogen-bond donors (Lipinski definition) is 0. The first-order chi connectivity index (χ1) is 5.95. The summed E-state index contributed by atoms with van der Waals surface area (Å²) in [6.45, 7) is 9.00. The molecule has 0 radical (unpaired) electrons. The molecule has 2 heteroatoms. The predicted octanol–water partition coefficient (Wildman–Crippen LogP) is 2.10. The van der Waals surface area contributed by atoms with E-state index < -0.39 is 0 Å². The summed E-state index contributed by atoms with van der Waals surface area (Å²) in [4.78, 5) is 0. The van der Waals surface area contributed by atoms with Crippen LogP contribution in [0.5, 0.6) is 0 Å². The first-order valence-corrected chi connectivity index (χ1v) is 4.99. The molecule has 0 N–H and O–H groups in total. The van der Waals surface area contributed by atoms with Crippen molar-refractivity contribution in [2.24, 2.45) is 14.1 Å². The van der Waals surface area contributed by atoms with Crippen molar-refractivity contribution in [3.05, 3.63) is 17.7 Å². The number of nitrogens with zero attached hydrogens (tertiary/aromatic N) is 2. The van der Waals surface area contributed by atoms with Crippen molar-refractivity contribution in [1.29, 1.82) is 0 Å². The van der Waals surface area contributed by atoms with Crippen molar-refractivity contribution < 1.29 is 4.57 Å². The summed E-state index contributed by atoms with van der Waals surface area (Å²) in [6, 6.07) is 0. The zero-order valence-corrected chi connectivity index (χ0v) is 9.63. The molecule has 0 fully saturated rings. The molecule has 1 rings (SSSR count). The molecule has 1 aromatic rings. The van der Waals surface area contributed by atoms with Crippen LogP contribution in [0.4, 0.5) is 0 Å². The van der Waals surface area contributed by atoms with Gasteiger partial charge in [-0.05, 0) is 0 Å². The van der Waals surface area contributed by atoms with Crippen molar-refractivity contribution in [2.75, 3.05) is 0 Å². The highest BCUT2D eigenvalue weighted by atomic mass is 15.1. The lowest BCUT2D eigenvalue weighted by Crippen LogP contribution is -2.31. The van der Waals surface area contributed by atoms with Crippen LogP contribution in [0.15, 0.2) is 6.33 Å². The Labute approximate surface area is 81.2 Å². The van der Waals surface area contributed by atoms with Crippen LogP contribution >= 0.6 is 0 Å². The third kappa shape index (κ3) is 1.77. The lowest BCUT2D eigenvalue weighted by atomic mass is 10.0. The van der Waals surface area contributed by atoms with Gasteiger partial charge in [0.15, 0.2) is 0 Å². The Balaban J connectivity index is 3.29. The van der Waals surface area contributed by atoms with E-state index in [0.717, 1.165) is 0 Å². The van der Waals surface area contributed by atoms with Crippen molar-refractivity contribution in [2.45, 2.75) is 39.5 Å². The number of aromatic nitrogens is 2. The fraction of sp³-hybridized carbons (Fsp3) is 0.727. The smallest absolute Gasteiger partial charge is 0.236 e. The van der Waals surface area contributed by atoms with Gasteiger partial charge in [0.05, 0.1) is 14.1 Å². The van der Waals surface area contributed by atoms with Gasteiger partial charge in [-0.3, -0.25) is 0 Å². The first-order valence-electron chi connectivity index (χ1n) is 4.99. The first kappa shape index (κ1) is 10.3. The molecule has 0 atom stereocenters. The maximum absolute atomic E-state index is 2.25. The van der Waals surface area contributed by atoms with Gasteiger partial charge in [0, 0.05) is 11.8 Å². The van der Waals surface area contributed by atoms with Crippen molar-refractivity contribution >= 4 is 0 Å². The summed E-state index contributed by atoms with van der Waals surface area (Å²) in [5.74, 6) is 1.20. The highest BCUT2D eigenvalue weighted by Gasteiger charge is 2.23. The summed E-state index contributed by atoms with van der Waals surface area (Å²) in [7, 11) is 4.25. The van der Waals surface area contributed by atoms with E-state index in [2.05, 4.69) is 57.3 Å². The molecular weight excluding hydrogens is 160 g/mol. The Hall–Kier alpha value is -0.790. The molecule has 2 nitrogen and oxygen atoms in total. The fourth-order valence-electron chi connectivity index (χ4n) is 2.15. The van der Waals surface area contributed by atoms with E-state index in [1.54, 1.807) is 0 Å². The van der Waals surface area contributed by atoms with Gasteiger partial charge in [0.25, 0.3) is 0 Å². The molecule has 0 spiro atoms. The fourth-order valence-corrected chi connectivity index (χ4v) is 2.15. The molecule has 0 aliphatic carbocycles. The molecule has 0 aromatic carbocycles. The third-order valence-electron chi connectivity index (χ3n) is 2.46. The van der Waals surface area contributed by atoms with E-state index >= 15 is 0 Å². The molecule has 0 bridgehead atoms. The summed E-state index contributed by atoms with van der Waals surface area (Å²) in [5, 5.41) is 0. The standard InChI is InChI=1S/C11H21N2/c1-8(2)10-11(9(3)4)13(6)7-12(10)5/h7-9H,1-6H3/q+1. The molecule has 1 heterocycles. The molecule has 0 saturated heterocycles. The maximum atomic E-state index is 2.25. The van der Waals surface area contributed by atoms with Gasteiger partial charge in [-0.15, -0.1) is 0 Å². The Morgan fingerprint density at radius 3 is 2.00 bits per heavy atom. The lowest BCUT2D eigenvalue weighted by molar-refractivity contribution is -0.679. The summed E-state index contributed by atoms with van der Waals surface area (Å²) < 4.78 is 4.47. The normalized spacial score (nSPS) is 11.7. The molecule has 74 valence electrons. The van der Waals surface area contributed by atoms with E-state index in [0.29, 0.717) is 11.8 Å². The maximum Gasteiger partial charge on any atom is 0.243 e. The van der Waals surface area contributed by atoms with Gasteiger partial charge in [0.1, 0.15) is 11.4 Å². The highest BCUT2D eigenvalue weighted by molar-refractivity contribution is 5.15. The summed E-state index contributed by atoms with van der Waals surface area (Å²) >= 11 is 0. The van der Waals surface area contributed by atoms with Crippen LogP contribution < -0.4 is 4.57 Å². The molecule has 0 unspecified atom stereocenters. The topological polar surface area (TPSA) is 8.81 Å². The minimum absolute atomic E-state index is 0.601. The second-order valence-electron chi connectivity index (χ2n) is 4.42. The van der Waals surface area contributed by atoms with Crippen molar-refractivity contribution in [3.8, 4) is 0 Å². The van der Waals surface area contributed by atoms with E-state index in [1.165, 1.54) is 11.4 Å². The number of aryl methyl sites for hydroxylation is 2. The summed E-state index contributed by atoms with van der Waals surface area (Å²) in [5.41, 5.74) is 2.91. The van der Waals surface area contributed by atoms with Crippen LogP contribution in [0.2, 0.25) is 0 Å². The number of hydrogen-bond acceptors (Lipinski definition) is 0. The minimum Gasteiger partial charge on any atom is -0.236 e. The van der Waals surface area contributed by atoms with Gasteiger partial charge >= 0.3 is 0 Å². The van der Waals surface area contributed by atoms with E-state index in [-0.39, 0.29) is 0 Å². The van der Waals surface area contributed by atoms with Crippen LogP contribution in [0, 0.1) is 0 Å². The predicted molar refractivity (Wildman–Crippen MR) is 54.8 cm³/mol.